The number of piperazine rings is 1. The lowest BCUT2D eigenvalue weighted by molar-refractivity contribution is 0.253. The number of halogens is 1. The van der Waals surface area contributed by atoms with Gasteiger partial charge in [-0.3, -0.25) is 4.90 Å². The molecule has 0 amide bonds. The Morgan fingerprint density at radius 2 is 1.77 bits per heavy atom. The Hall–Kier alpha value is -1.93. The molecular weight excluding hydrogens is 434 g/mol. The molecule has 1 aromatic heterocycles. The van der Waals surface area contributed by atoms with E-state index in [1.165, 1.54) is 16.5 Å². The molecule has 8 heteroatoms. The standard InChI is InChI=1S/C22H27N5S2.ClH/c23-19-9-3-1-7-17(19)22(28)24-11-5-6-12-26-13-15-27(16-14-26)21-18-8-2-4-10-20(18)29-25-21;/h1-4,7-10H,5-6,11-16,23H2,(H,24,28);1H. The fraction of sp³-hybridized carbons (Fsp3) is 0.364. The monoisotopic (exact) mass is 461 g/mol. The van der Waals surface area contributed by atoms with Gasteiger partial charge in [-0.1, -0.05) is 36.5 Å². The van der Waals surface area contributed by atoms with E-state index in [1.54, 1.807) is 11.5 Å². The summed E-state index contributed by atoms with van der Waals surface area (Å²) in [6, 6.07) is 16.3. The molecule has 1 aliphatic rings. The van der Waals surface area contributed by atoms with Gasteiger partial charge in [-0.15, -0.1) is 12.4 Å². The molecule has 0 saturated carbocycles. The molecule has 0 radical (unpaired) electrons. The van der Waals surface area contributed by atoms with Gasteiger partial charge >= 0.3 is 0 Å². The highest BCUT2D eigenvalue weighted by Gasteiger charge is 2.20. The number of nitrogen functional groups attached to an aromatic ring is 1. The number of rotatable bonds is 7. The van der Waals surface area contributed by atoms with E-state index in [1.807, 2.05) is 24.3 Å². The quantitative estimate of drug-likeness (QED) is 0.313. The van der Waals surface area contributed by atoms with Gasteiger partial charge in [0.25, 0.3) is 0 Å². The van der Waals surface area contributed by atoms with Crippen molar-refractivity contribution in [3.8, 4) is 0 Å². The second-order valence-corrected chi connectivity index (χ2v) is 8.59. The number of nitrogens with zero attached hydrogens (tertiary/aromatic N) is 3. The average molecular weight is 462 g/mol. The summed E-state index contributed by atoms with van der Waals surface area (Å²) < 4.78 is 5.97. The van der Waals surface area contributed by atoms with Crippen molar-refractivity contribution in [1.82, 2.24) is 14.6 Å². The maximum absolute atomic E-state index is 5.98. The predicted molar refractivity (Wildman–Crippen MR) is 135 cm³/mol. The number of nitrogens with two attached hydrogens (primary N) is 1. The van der Waals surface area contributed by atoms with Gasteiger partial charge in [0.2, 0.25) is 0 Å². The van der Waals surface area contributed by atoms with Crippen LogP contribution in [0.1, 0.15) is 18.4 Å². The first-order valence-corrected chi connectivity index (χ1v) is 11.3. The summed E-state index contributed by atoms with van der Waals surface area (Å²) >= 11 is 7.05. The minimum Gasteiger partial charge on any atom is -0.398 e. The Balaban J connectivity index is 0.00000256. The van der Waals surface area contributed by atoms with Crippen molar-refractivity contribution in [2.45, 2.75) is 12.8 Å². The number of benzene rings is 2. The van der Waals surface area contributed by atoms with E-state index >= 15 is 0 Å². The second kappa shape index (κ2) is 10.9. The van der Waals surface area contributed by atoms with E-state index in [0.29, 0.717) is 0 Å². The topological polar surface area (TPSA) is 57.4 Å². The highest BCUT2D eigenvalue weighted by Crippen LogP contribution is 2.29. The maximum Gasteiger partial charge on any atom is 0.150 e. The van der Waals surface area contributed by atoms with Crippen LogP contribution in [0.2, 0.25) is 0 Å². The smallest absolute Gasteiger partial charge is 0.150 e. The first kappa shape index (κ1) is 22.7. The maximum atomic E-state index is 5.98. The summed E-state index contributed by atoms with van der Waals surface area (Å²) in [5.41, 5.74) is 7.64. The van der Waals surface area contributed by atoms with Crippen LogP contribution in [-0.2, 0) is 0 Å². The number of hydrogen-bond acceptors (Lipinski definition) is 6. The summed E-state index contributed by atoms with van der Waals surface area (Å²) in [6.07, 6.45) is 2.27. The number of anilines is 2. The zero-order valence-corrected chi connectivity index (χ0v) is 19.4. The molecular formula is C22H28ClN5S2. The van der Waals surface area contributed by atoms with E-state index in [4.69, 9.17) is 22.3 Å². The minimum atomic E-state index is 0. The van der Waals surface area contributed by atoms with E-state index in [0.717, 1.165) is 67.7 Å². The molecule has 2 aromatic carbocycles. The van der Waals surface area contributed by atoms with Crippen LogP contribution in [0.15, 0.2) is 48.5 Å². The first-order chi connectivity index (χ1) is 14.2. The second-order valence-electron chi connectivity index (χ2n) is 7.38. The molecule has 30 heavy (non-hydrogen) atoms. The molecule has 160 valence electrons. The van der Waals surface area contributed by atoms with E-state index in [9.17, 15) is 0 Å². The fourth-order valence-electron chi connectivity index (χ4n) is 3.75. The molecule has 0 spiro atoms. The van der Waals surface area contributed by atoms with Crippen molar-refractivity contribution < 1.29 is 0 Å². The molecule has 0 aliphatic carbocycles. The molecule has 0 unspecified atom stereocenters. The van der Waals surface area contributed by atoms with Crippen LogP contribution in [0, 0.1) is 0 Å². The van der Waals surface area contributed by atoms with Gasteiger partial charge in [-0.25, -0.2) is 0 Å². The number of thiocarbonyl (C=S) groups is 1. The number of para-hydroxylation sites is 1. The van der Waals surface area contributed by atoms with Crippen molar-refractivity contribution in [3.05, 3.63) is 54.1 Å². The van der Waals surface area contributed by atoms with Crippen molar-refractivity contribution >= 4 is 62.7 Å². The molecule has 4 rings (SSSR count). The molecule has 2 heterocycles. The molecule has 1 saturated heterocycles. The zero-order chi connectivity index (χ0) is 20.1. The molecule has 0 bridgehead atoms. The molecule has 3 N–H and O–H groups in total. The molecule has 3 aromatic rings. The van der Waals surface area contributed by atoms with Gasteiger partial charge in [0.05, 0.1) is 4.70 Å². The third-order valence-electron chi connectivity index (χ3n) is 5.42. The Morgan fingerprint density at radius 3 is 2.57 bits per heavy atom. The number of hydrogen-bond donors (Lipinski definition) is 2. The third kappa shape index (κ3) is 5.40. The SMILES string of the molecule is Cl.Nc1ccccc1C(=S)NCCCCN1CCN(c2nsc3ccccc23)CC1. The van der Waals surface area contributed by atoms with Gasteiger partial charge in [0.15, 0.2) is 0 Å². The van der Waals surface area contributed by atoms with Crippen molar-refractivity contribution in [2.24, 2.45) is 0 Å². The third-order valence-corrected chi connectivity index (χ3v) is 6.60. The summed E-state index contributed by atoms with van der Waals surface area (Å²) in [4.78, 5) is 5.73. The van der Waals surface area contributed by atoms with Crippen LogP contribution in [0.3, 0.4) is 0 Å². The number of unbranched alkanes of at least 4 members (excludes halogenated alkanes) is 1. The largest absolute Gasteiger partial charge is 0.398 e. The number of aromatic nitrogens is 1. The Morgan fingerprint density at radius 1 is 1.03 bits per heavy atom. The van der Waals surface area contributed by atoms with Crippen LogP contribution in [0.5, 0.6) is 0 Å². The van der Waals surface area contributed by atoms with Gasteiger partial charge in [0.1, 0.15) is 10.8 Å². The van der Waals surface area contributed by atoms with Gasteiger partial charge in [-0.05, 0) is 55.2 Å². The van der Waals surface area contributed by atoms with Crippen LogP contribution in [-0.4, -0.2) is 53.5 Å². The van der Waals surface area contributed by atoms with Crippen LogP contribution in [0.25, 0.3) is 10.1 Å². The van der Waals surface area contributed by atoms with Crippen LogP contribution in [0.4, 0.5) is 11.5 Å². The number of fused-ring (bicyclic) bond motifs is 1. The molecule has 5 nitrogen and oxygen atoms in total. The van der Waals surface area contributed by atoms with Crippen LogP contribution < -0.4 is 16.0 Å². The van der Waals surface area contributed by atoms with Gasteiger partial charge in [0, 0.05) is 49.4 Å². The van der Waals surface area contributed by atoms with Crippen molar-refractivity contribution in [2.75, 3.05) is 49.9 Å². The summed E-state index contributed by atoms with van der Waals surface area (Å²) in [7, 11) is 0. The summed E-state index contributed by atoms with van der Waals surface area (Å²) in [5, 5.41) is 4.62. The zero-order valence-electron chi connectivity index (χ0n) is 16.9. The van der Waals surface area contributed by atoms with E-state index < -0.39 is 0 Å². The highest BCUT2D eigenvalue weighted by atomic mass is 35.5. The Bertz CT molecular complexity index is 969. The minimum absolute atomic E-state index is 0. The highest BCUT2D eigenvalue weighted by molar-refractivity contribution is 7.80. The van der Waals surface area contributed by atoms with Gasteiger partial charge < -0.3 is 16.0 Å². The molecule has 1 aliphatic heterocycles. The Labute approximate surface area is 193 Å². The lowest BCUT2D eigenvalue weighted by Gasteiger charge is -2.35. The van der Waals surface area contributed by atoms with E-state index in [-0.39, 0.29) is 12.4 Å². The summed E-state index contributed by atoms with van der Waals surface area (Å²) in [5.74, 6) is 1.16. The van der Waals surface area contributed by atoms with Crippen LogP contribution >= 0.6 is 36.2 Å². The molecule has 0 atom stereocenters. The normalized spacial score (nSPS) is 14.5. The molecule has 1 fully saturated rings. The lowest BCUT2D eigenvalue weighted by Crippen LogP contribution is -2.46. The van der Waals surface area contributed by atoms with Crippen molar-refractivity contribution in [3.63, 3.8) is 0 Å². The van der Waals surface area contributed by atoms with Gasteiger partial charge in [-0.2, -0.15) is 4.37 Å². The lowest BCUT2D eigenvalue weighted by atomic mass is 10.2. The number of nitrogens with one attached hydrogen (secondary N) is 1. The first-order valence-electron chi connectivity index (χ1n) is 10.2. The average Bonchev–Trinajstić information content (AvgIpc) is 3.18. The predicted octanol–water partition coefficient (Wildman–Crippen LogP) is 4.17. The fourth-order valence-corrected chi connectivity index (χ4v) is 4.83. The van der Waals surface area contributed by atoms with E-state index in [2.05, 4.69) is 39.4 Å². The Kier molecular flexibility index (Phi) is 8.27. The van der Waals surface area contributed by atoms with Crippen molar-refractivity contribution in [1.29, 1.82) is 0 Å². The summed E-state index contributed by atoms with van der Waals surface area (Å²) in [6.45, 7) is 6.30.